The Kier molecular flexibility index (Phi) is 5.93. The standard InChI is InChI=1S/C26H19ClN4O3/c27-17-8-9-23-21(14-17)31-24(18-4-1-2-7-22(18)34-23)25(32)19-5-3-6-20(30-19)26(33)29-15-16-10-12-28-13-11-16/h1-14,24,31H,15H2,(H,29,33). The van der Waals surface area contributed by atoms with Crippen LogP contribution in [-0.2, 0) is 6.54 Å². The number of hydrogen-bond donors (Lipinski definition) is 2. The third kappa shape index (κ3) is 4.46. The first-order chi connectivity index (χ1) is 16.6. The molecule has 2 aromatic carbocycles. The number of nitrogens with zero attached hydrogens (tertiary/aromatic N) is 2. The van der Waals surface area contributed by atoms with Crippen LogP contribution < -0.4 is 15.4 Å². The van der Waals surface area contributed by atoms with E-state index in [-0.39, 0.29) is 23.1 Å². The summed E-state index contributed by atoms with van der Waals surface area (Å²) in [6, 6.07) is 20.1. The van der Waals surface area contributed by atoms with Gasteiger partial charge in [-0.05, 0) is 54.1 Å². The van der Waals surface area contributed by atoms with Gasteiger partial charge in [-0.25, -0.2) is 4.98 Å². The smallest absolute Gasteiger partial charge is 0.270 e. The summed E-state index contributed by atoms with van der Waals surface area (Å²) in [6.45, 7) is 0.327. The molecule has 1 atom stereocenters. The molecule has 168 valence electrons. The van der Waals surface area contributed by atoms with Crippen molar-refractivity contribution in [2.24, 2.45) is 0 Å². The monoisotopic (exact) mass is 470 g/mol. The van der Waals surface area contributed by atoms with Gasteiger partial charge in [0.15, 0.2) is 5.75 Å². The van der Waals surface area contributed by atoms with Crippen LogP contribution in [0.5, 0.6) is 11.5 Å². The van der Waals surface area contributed by atoms with Crippen LogP contribution in [0.3, 0.4) is 0 Å². The number of carbonyl (C=O) groups excluding carboxylic acids is 2. The predicted octanol–water partition coefficient (Wildman–Crippen LogP) is 5.20. The molecular weight excluding hydrogens is 452 g/mol. The number of amides is 1. The van der Waals surface area contributed by atoms with Crippen molar-refractivity contribution in [1.82, 2.24) is 15.3 Å². The second-order valence-electron chi connectivity index (χ2n) is 7.67. The summed E-state index contributed by atoms with van der Waals surface area (Å²) >= 11 is 6.17. The number of carbonyl (C=O) groups is 2. The Morgan fingerprint density at radius 2 is 1.74 bits per heavy atom. The van der Waals surface area contributed by atoms with Crippen LogP contribution in [0.2, 0.25) is 5.02 Å². The number of ether oxygens (including phenoxy) is 1. The zero-order chi connectivity index (χ0) is 23.5. The quantitative estimate of drug-likeness (QED) is 0.389. The summed E-state index contributed by atoms with van der Waals surface area (Å²) in [4.78, 5) is 34.6. The van der Waals surface area contributed by atoms with Crippen LogP contribution in [0.25, 0.3) is 0 Å². The Hall–Kier alpha value is -4.23. The normalized spacial score (nSPS) is 14.0. The van der Waals surface area contributed by atoms with E-state index in [2.05, 4.69) is 20.6 Å². The highest BCUT2D eigenvalue weighted by molar-refractivity contribution is 6.31. The number of Topliss-reactive ketones (excluding diaryl/α,β-unsaturated/α-hetero) is 1. The second kappa shape index (κ2) is 9.33. The molecule has 1 amide bonds. The molecule has 3 heterocycles. The van der Waals surface area contributed by atoms with E-state index < -0.39 is 6.04 Å². The van der Waals surface area contributed by atoms with Gasteiger partial charge in [0.05, 0.1) is 5.69 Å². The average molecular weight is 471 g/mol. The van der Waals surface area contributed by atoms with Gasteiger partial charge in [-0.2, -0.15) is 0 Å². The van der Waals surface area contributed by atoms with Gasteiger partial charge in [-0.1, -0.05) is 35.9 Å². The molecule has 0 fully saturated rings. The number of ketones is 1. The Balaban J connectivity index is 1.43. The zero-order valence-corrected chi connectivity index (χ0v) is 18.6. The maximum Gasteiger partial charge on any atom is 0.270 e. The molecular formula is C26H19ClN4O3. The van der Waals surface area contributed by atoms with Crippen molar-refractivity contribution in [2.45, 2.75) is 12.6 Å². The maximum absolute atomic E-state index is 13.6. The van der Waals surface area contributed by atoms with E-state index in [0.29, 0.717) is 34.3 Å². The zero-order valence-electron chi connectivity index (χ0n) is 17.9. The topological polar surface area (TPSA) is 93.2 Å². The molecule has 0 saturated carbocycles. The highest BCUT2D eigenvalue weighted by Crippen LogP contribution is 2.41. The number of hydrogen-bond acceptors (Lipinski definition) is 6. The average Bonchev–Trinajstić information content (AvgIpc) is 3.04. The lowest BCUT2D eigenvalue weighted by Crippen LogP contribution is -2.26. The number of aromatic nitrogens is 2. The summed E-state index contributed by atoms with van der Waals surface area (Å²) in [5, 5.41) is 6.57. The predicted molar refractivity (Wildman–Crippen MR) is 128 cm³/mol. The molecule has 0 radical (unpaired) electrons. The molecule has 1 unspecified atom stereocenters. The van der Waals surface area contributed by atoms with E-state index in [9.17, 15) is 9.59 Å². The van der Waals surface area contributed by atoms with Crippen molar-refractivity contribution < 1.29 is 14.3 Å². The highest BCUT2D eigenvalue weighted by Gasteiger charge is 2.30. The lowest BCUT2D eigenvalue weighted by molar-refractivity contribution is 0.0945. The molecule has 4 aromatic rings. The fourth-order valence-electron chi connectivity index (χ4n) is 3.69. The third-order valence-electron chi connectivity index (χ3n) is 5.39. The Morgan fingerprint density at radius 3 is 2.59 bits per heavy atom. The molecule has 0 saturated heterocycles. The number of fused-ring (bicyclic) bond motifs is 2. The highest BCUT2D eigenvalue weighted by atomic mass is 35.5. The van der Waals surface area contributed by atoms with Crippen LogP contribution in [0.15, 0.2) is 85.2 Å². The number of halogens is 1. The van der Waals surface area contributed by atoms with Crippen molar-refractivity contribution in [3.8, 4) is 11.5 Å². The van der Waals surface area contributed by atoms with Crippen molar-refractivity contribution in [3.63, 3.8) is 0 Å². The van der Waals surface area contributed by atoms with E-state index in [1.807, 2.05) is 30.3 Å². The van der Waals surface area contributed by atoms with Gasteiger partial charge in [-0.3, -0.25) is 14.6 Å². The van der Waals surface area contributed by atoms with E-state index in [0.717, 1.165) is 5.56 Å². The molecule has 2 N–H and O–H groups in total. The van der Waals surface area contributed by atoms with Crippen molar-refractivity contribution in [1.29, 1.82) is 0 Å². The van der Waals surface area contributed by atoms with Gasteiger partial charge < -0.3 is 15.4 Å². The lowest BCUT2D eigenvalue weighted by atomic mass is 9.99. The molecule has 1 aliphatic heterocycles. The minimum Gasteiger partial charge on any atom is -0.455 e. The van der Waals surface area contributed by atoms with E-state index >= 15 is 0 Å². The van der Waals surface area contributed by atoms with Crippen molar-refractivity contribution >= 4 is 29.0 Å². The van der Waals surface area contributed by atoms with Crippen molar-refractivity contribution in [2.75, 3.05) is 5.32 Å². The van der Waals surface area contributed by atoms with E-state index in [1.54, 1.807) is 54.9 Å². The van der Waals surface area contributed by atoms with Gasteiger partial charge in [0.1, 0.15) is 23.2 Å². The molecule has 1 aliphatic rings. The molecule has 8 heteroatoms. The summed E-state index contributed by atoms with van der Waals surface area (Å²) in [5.74, 6) is 0.443. The lowest BCUT2D eigenvalue weighted by Gasteiger charge is -2.18. The van der Waals surface area contributed by atoms with Gasteiger partial charge in [-0.15, -0.1) is 0 Å². The first kappa shape index (κ1) is 21.6. The van der Waals surface area contributed by atoms with Crippen LogP contribution in [0.1, 0.15) is 38.1 Å². The summed E-state index contributed by atoms with van der Waals surface area (Å²) < 4.78 is 6.05. The van der Waals surface area contributed by atoms with Crippen molar-refractivity contribution in [3.05, 3.63) is 113 Å². The van der Waals surface area contributed by atoms with Crippen LogP contribution >= 0.6 is 11.6 Å². The van der Waals surface area contributed by atoms with Gasteiger partial charge in [0.25, 0.3) is 5.91 Å². The van der Waals surface area contributed by atoms with Crippen LogP contribution in [-0.4, -0.2) is 21.7 Å². The number of rotatable bonds is 5. The minimum atomic E-state index is -0.779. The van der Waals surface area contributed by atoms with Gasteiger partial charge in [0.2, 0.25) is 5.78 Å². The third-order valence-corrected chi connectivity index (χ3v) is 5.63. The fraction of sp³-hybridized carbons (Fsp3) is 0.0769. The van der Waals surface area contributed by atoms with Gasteiger partial charge in [0, 0.05) is 29.5 Å². The van der Waals surface area contributed by atoms with E-state index in [4.69, 9.17) is 16.3 Å². The number of para-hydroxylation sites is 1. The Morgan fingerprint density at radius 1 is 0.941 bits per heavy atom. The maximum atomic E-state index is 13.6. The molecule has 7 nitrogen and oxygen atoms in total. The Bertz CT molecular complexity index is 1380. The first-order valence-corrected chi connectivity index (χ1v) is 11.0. The number of nitrogens with one attached hydrogen (secondary N) is 2. The van der Waals surface area contributed by atoms with E-state index in [1.165, 1.54) is 0 Å². The SMILES string of the molecule is O=C(NCc1ccncc1)c1cccc(C(=O)C2Nc3cc(Cl)ccc3Oc3ccccc32)n1. The minimum absolute atomic E-state index is 0.154. The van der Waals surface area contributed by atoms with Gasteiger partial charge >= 0.3 is 0 Å². The molecule has 2 aromatic heterocycles. The molecule has 34 heavy (non-hydrogen) atoms. The first-order valence-electron chi connectivity index (χ1n) is 10.6. The summed E-state index contributed by atoms with van der Waals surface area (Å²) in [6.07, 6.45) is 3.32. The summed E-state index contributed by atoms with van der Waals surface area (Å²) in [5.41, 5.74) is 2.48. The number of benzene rings is 2. The molecule has 5 rings (SSSR count). The molecule has 0 bridgehead atoms. The second-order valence-corrected chi connectivity index (χ2v) is 8.10. The van der Waals surface area contributed by atoms with Crippen LogP contribution in [0.4, 0.5) is 5.69 Å². The Labute approximate surface area is 200 Å². The fourth-order valence-corrected chi connectivity index (χ4v) is 3.87. The number of anilines is 1. The van der Waals surface area contributed by atoms with Crippen LogP contribution in [0, 0.1) is 0 Å². The summed E-state index contributed by atoms with van der Waals surface area (Å²) in [7, 11) is 0. The molecule has 0 spiro atoms. The molecule has 0 aliphatic carbocycles. The largest absolute Gasteiger partial charge is 0.455 e. The number of pyridine rings is 2.